The Hall–Kier alpha value is 0.177. The summed E-state index contributed by atoms with van der Waals surface area (Å²) < 4.78 is 0. The van der Waals surface area contributed by atoms with Crippen molar-refractivity contribution >= 4 is 8.07 Å². The number of hydrogen-bond donors (Lipinski definition) is 1. The van der Waals surface area contributed by atoms with E-state index in [1.54, 1.807) is 0 Å². The molecular formula is C20H44OSi. The molecule has 22 heavy (non-hydrogen) atoms. The molecular weight excluding hydrogens is 284 g/mol. The number of rotatable bonds is 16. The molecule has 0 aromatic carbocycles. The summed E-state index contributed by atoms with van der Waals surface area (Å²) in [5, 5.41) is 10.6. The van der Waals surface area contributed by atoms with Crippen LogP contribution in [0.15, 0.2) is 0 Å². The van der Waals surface area contributed by atoms with E-state index in [1.165, 1.54) is 95.2 Å². The van der Waals surface area contributed by atoms with Gasteiger partial charge in [-0.15, -0.1) is 0 Å². The predicted molar refractivity (Wildman–Crippen MR) is 104 cm³/mol. The molecule has 1 N–H and O–H groups in total. The molecule has 134 valence electrons. The van der Waals surface area contributed by atoms with E-state index >= 15 is 0 Å². The molecule has 0 fully saturated rings. The maximum atomic E-state index is 10.6. The van der Waals surface area contributed by atoms with Gasteiger partial charge in [-0.1, -0.05) is 116 Å². The van der Waals surface area contributed by atoms with Gasteiger partial charge in [-0.25, -0.2) is 0 Å². The van der Waals surface area contributed by atoms with E-state index in [1.807, 2.05) is 0 Å². The van der Waals surface area contributed by atoms with Gasteiger partial charge < -0.3 is 5.11 Å². The fourth-order valence-electron chi connectivity index (χ4n) is 3.71. The van der Waals surface area contributed by atoms with Crippen LogP contribution in [0.3, 0.4) is 0 Å². The first kappa shape index (κ1) is 22.2. The molecule has 0 aromatic rings. The van der Waals surface area contributed by atoms with E-state index < -0.39 is 8.07 Å². The lowest BCUT2D eigenvalue weighted by Gasteiger charge is -2.35. The Morgan fingerprint density at radius 2 is 0.909 bits per heavy atom. The number of aliphatic hydroxyl groups is 1. The molecule has 0 aliphatic heterocycles. The van der Waals surface area contributed by atoms with Gasteiger partial charge in [0, 0.05) is 5.73 Å². The number of aliphatic hydroxyl groups excluding tert-OH is 1. The fourth-order valence-corrected chi connectivity index (χ4v) is 8.58. The Balaban J connectivity index is 4.48. The lowest BCUT2D eigenvalue weighted by atomic mass is 10.2. The summed E-state index contributed by atoms with van der Waals surface area (Å²) in [5.74, 6) is 0. The molecule has 0 radical (unpaired) electrons. The van der Waals surface area contributed by atoms with Gasteiger partial charge in [0.15, 0.2) is 0 Å². The summed E-state index contributed by atoms with van der Waals surface area (Å²) in [6.07, 6.45) is 16.3. The van der Waals surface area contributed by atoms with Crippen LogP contribution in [0.25, 0.3) is 0 Å². The summed E-state index contributed by atoms with van der Waals surface area (Å²) in [4.78, 5) is 0. The van der Waals surface area contributed by atoms with Crippen molar-refractivity contribution < 1.29 is 5.11 Å². The van der Waals surface area contributed by atoms with Crippen LogP contribution in [-0.2, 0) is 0 Å². The van der Waals surface area contributed by atoms with Crippen molar-refractivity contribution in [2.45, 2.75) is 129 Å². The third-order valence-electron chi connectivity index (χ3n) is 5.47. The molecule has 1 unspecified atom stereocenters. The standard InChI is InChI=1S/C20H44OSi/c1-5-8-11-14-17-22(20(4)21,18-15-12-9-6-2)19-16-13-10-7-3/h20-21H,5-19H2,1-4H3. The van der Waals surface area contributed by atoms with Gasteiger partial charge in [0.1, 0.15) is 0 Å². The second kappa shape index (κ2) is 14.7. The Morgan fingerprint density at radius 1 is 0.591 bits per heavy atom. The molecule has 0 spiro atoms. The van der Waals surface area contributed by atoms with Crippen LogP contribution < -0.4 is 0 Å². The van der Waals surface area contributed by atoms with E-state index in [2.05, 4.69) is 27.7 Å². The highest BCUT2D eigenvalue weighted by Crippen LogP contribution is 2.32. The van der Waals surface area contributed by atoms with Gasteiger partial charge in [-0.3, -0.25) is 0 Å². The van der Waals surface area contributed by atoms with Gasteiger partial charge >= 0.3 is 0 Å². The SMILES string of the molecule is CCCCCC[Si](CCCCCC)(CCCCCC)C(C)O. The van der Waals surface area contributed by atoms with Crippen LogP contribution in [0.5, 0.6) is 0 Å². The normalized spacial score (nSPS) is 13.5. The molecule has 1 atom stereocenters. The molecule has 0 rings (SSSR count). The molecule has 0 aliphatic carbocycles. The smallest absolute Gasteiger partial charge is 0.0869 e. The maximum Gasteiger partial charge on any atom is 0.0869 e. The average molecular weight is 329 g/mol. The minimum atomic E-state index is -1.47. The van der Waals surface area contributed by atoms with Crippen molar-refractivity contribution in [1.29, 1.82) is 0 Å². The van der Waals surface area contributed by atoms with Crippen LogP contribution in [-0.4, -0.2) is 18.9 Å². The van der Waals surface area contributed by atoms with E-state index in [-0.39, 0.29) is 5.73 Å². The Kier molecular flexibility index (Phi) is 14.9. The van der Waals surface area contributed by atoms with Gasteiger partial charge in [0.05, 0.1) is 8.07 Å². The minimum Gasteiger partial charge on any atom is -0.397 e. The summed E-state index contributed by atoms with van der Waals surface area (Å²) in [7, 11) is -1.47. The van der Waals surface area contributed by atoms with Gasteiger partial charge in [0.2, 0.25) is 0 Å². The van der Waals surface area contributed by atoms with E-state index in [9.17, 15) is 5.11 Å². The first-order valence-corrected chi connectivity index (χ1v) is 13.0. The highest BCUT2D eigenvalue weighted by Gasteiger charge is 2.36. The van der Waals surface area contributed by atoms with Crippen molar-refractivity contribution in [1.82, 2.24) is 0 Å². The zero-order chi connectivity index (χ0) is 16.7. The molecule has 0 saturated heterocycles. The predicted octanol–water partition coefficient (Wildman–Crippen LogP) is 7.10. The average Bonchev–Trinajstić information content (AvgIpc) is 2.51. The Bertz CT molecular complexity index is 196. The Labute approximate surface area is 142 Å². The third-order valence-corrected chi connectivity index (χ3v) is 11.3. The van der Waals surface area contributed by atoms with Crippen molar-refractivity contribution in [2.24, 2.45) is 0 Å². The third kappa shape index (κ3) is 10.0. The van der Waals surface area contributed by atoms with E-state index in [0.29, 0.717) is 0 Å². The molecule has 0 aliphatic rings. The molecule has 0 heterocycles. The van der Waals surface area contributed by atoms with Crippen LogP contribution in [0.4, 0.5) is 0 Å². The maximum absolute atomic E-state index is 10.6. The van der Waals surface area contributed by atoms with E-state index in [0.717, 1.165) is 0 Å². The minimum absolute atomic E-state index is 0.00243. The summed E-state index contributed by atoms with van der Waals surface area (Å²) >= 11 is 0. The Morgan fingerprint density at radius 3 is 1.14 bits per heavy atom. The summed E-state index contributed by atoms with van der Waals surface area (Å²) in [6, 6.07) is 4.13. The molecule has 0 aromatic heterocycles. The number of hydrogen-bond acceptors (Lipinski definition) is 1. The largest absolute Gasteiger partial charge is 0.397 e. The van der Waals surface area contributed by atoms with Crippen LogP contribution in [0.1, 0.15) is 105 Å². The summed E-state index contributed by atoms with van der Waals surface area (Å²) in [5.41, 5.74) is -0.00243. The highest BCUT2D eigenvalue weighted by atomic mass is 28.3. The lowest BCUT2D eigenvalue weighted by molar-refractivity contribution is 0.259. The van der Waals surface area contributed by atoms with Gasteiger partial charge in [0.25, 0.3) is 0 Å². The fraction of sp³-hybridized carbons (Fsp3) is 1.00. The molecule has 0 bridgehead atoms. The number of unbranched alkanes of at least 4 members (excludes halogenated alkanes) is 9. The zero-order valence-corrected chi connectivity index (χ0v) is 17.1. The summed E-state index contributed by atoms with van der Waals surface area (Å²) in [6.45, 7) is 8.98. The monoisotopic (exact) mass is 328 g/mol. The topological polar surface area (TPSA) is 20.2 Å². The molecule has 0 saturated carbocycles. The van der Waals surface area contributed by atoms with Crippen LogP contribution in [0.2, 0.25) is 18.1 Å². The highest BCUT2D eigenvalue weighted by molar-refractivity contribution is 6.80. The first-order valence-electron chi connectivity index (χ1n) is 10.3. The van der Waals surface area contributed by atoms with Crippen molar-refractivity contribution in [3.8, 4) is 0 Å². The zero-order valence-electron chi connectivity index (χ0n) is 16.1. The molecule has 2 heteroatoms. The van der Waals surface area contributed by atoms with Gasteiger partial charge in [-0.05, 0) is 6.92 Å². The first-order chi connectivity index (χ1) is 10.6. The van der Waals surface area contributed by atoms with Crippen molar-refractivity contribution in [2.75, 3.05) is 0 Å². The molecule has 1 nitrogen and oxygen atoms in total. The lowest BCUT2D eigenvalue weighted by Crippen LogP contribution is -2.45. The molecule has 0 amide bonds. The second-order valence-electron chi connectivity index (χ2n) is 7.47. The van der Waals surface area contributed by atoms with Gasteiger partial charge in [-0.2, -0.15) is 0 Å². The van der Waals surface area contributed by atoms with E-state index in [4.69, 9.17) is 0 Å². The van der Waals surface area contributed by atoms with Crippen molar-refractivity contribution in [3.05, 3.63) is 0 Å². The quantitative estimate of drug-likeness (QED) is 0.237. The second-order valence-corrected chi connectivity index (χ2v) is 12.5. The van der Waals surface area contributed by atoms with Crippen molar-refractivity contribution in [3.63, 3.8) is 0 Å². The van der Waals surface area contributed by atoms with Crippen LogP contribution in [0, 0.1) is 0 Å². The van der Waals surface area contributed by atoms with Crippen LogP contribution >= 0.6 is 0 Å².